The van der Waals surface area contributed by atoms with E-state index in [-0.39, 0.29) is 0 Å². The molecule has 0 spiro atoms. The number of hydrogen-bond donors (Lipinski definition) is 0. The Morgan fingerprint density at radius 2 is 2.00 bits per heavy atom. The molecule has 0 radical (unpaired) electrons. The molecule has 1 aliphatic rings. The van der Waals surface area contributed by atoms with Crippen LogP contribution >= 0.6 is 11.6 Å². The zero-order valence-electron chi connectivity index (χ0n) is 12.2. The van der Waals surface area contributed by atoms with Crippen molar-refractivity contribution in [2.75, 3.05) is 0 Å². The third kappa shape index (κ3) is 3.96. The summed E-state index contributed by atoms with van der Waals surface area (Å²) >= 11 is 6.03. The van der Waals surface area contributed by atoms with Crippen LogP contribution in [0, 0.1) is 17.2 Å². The third-order valence-corrected chi connectivity index (χ3v) is 4.76. The molecule has 3 heteroatoms. The lowest BCUT2D eigenvalue weighted by molar-refractivity contribution is 0.300. The topological polar surface area (TPSA) is 36.7 Å². The number of unbranched alkanes of at least 4 members (excludes halogenated alkanes) is 2. The van der Waals surface area contributed by atoms with Crippen molar-refractivity contribution < 1.29 is 0 Å². The summed E-state index contributed by atoms with van der Waals surface area (Å²) in [5, 5.41) is 9.24. The Bertz CT molecular complexity index is 470. The van der Waals surface area contributed by atoms with Gasteiger partial charge in [0.15, 0.2) is 0 Å². The SMILES string of the molecule is CCCCCC1CCC(c2ccc(C#N)c(Cl)n2)CC1. The van der Waals surface area contributed by atoms with Crippen LogP contribution in [0.5, 0.6) is 0 Å². The predicted octanol–water partition coefficient (Wildman–Crippen LogP) is 5.46. The molecule has 0 N–H and O–H groups in total. The normalized spacial score (nSPS) is 22.4. The Morgan fingerprint density at radius 3 is 2.60 bits per heavy atom. The molecule has 1 fully saturated rings. The van der Waals surface area contributed by atoms with E-state index in [0.717, 1.165) is 11.6 Å². The molecule has 0 saturated heterocycles. The summed E-state index contributed by atoms with van der Waals surface area (Å²) in [5.74, 6) is 1.44. The number of rotatable bonds is 5. The fourth-order valence-corrected chi connectivity index (χ4v) is 3.39. The number of halogens is 1. The van der Waals surface area contributed by atoms with Crippen LogP contribution in [0.15, 0.2) is 12.1 Å². The molecular formula is C17H23ClN2. The molecule has 0 bridgehead atoms. The van der Waals surface area contributed by atoms with Crippen LogP contribution in [0.2, 0.25) is 5.15 Å². The molecule has 1 aromatic heterocycles. The second-order valence-electron chi connectivity index (χ2n) is 5.90. The van der Waals surface area contributed by atoms with E-state index in [2.05, 4.69) is 18.0 Å². The Morgan fingerprint density at radius 1 is 1.25 bits per heavy atom. The molecule has 20 heavy (non-hydrogen) atoms. The minimum atomic E-state index is 0.357. The largest absolute Gasteiger partial charge is 0.239 e. The Kier molecular flexibility index (Phi) is 5.86. The van der Waals surface area contributed by atoms with Crippen molar-refractivity contribution in [1.82, 2.24) is 4.98 Å². The lowest BCUT2D eigenvalue weighted by atomic mass is 9.78. The van der Waals surface area contributed by atoms with E-state index < -0.39 is 0 Å². The third-order valence-electron chi connectivity index (χ3n) is 4.47. The summed E-state index contributed by atoms with van der Waals surface area (Å²) in [5.41, 5.74) is 1.55. The zero-order valence-corrected chi connectivity index (χ0v) is 13.0. The van der Waals surface area contributed by atoms with E-state index in [1.807, 2.05) is 6.07 Å². The average molecular weight is 291 g/mol. The highest BCUT2D eigenvalue weighted by Gasteiger charge is 2.23. The summed E-state index contributed by atoms with van der Waals surface area (Å²) in [6.45, 7) is 2.26. The van der Waals surface area contributed by atoms with Crippen LogP contribution < -0.4 is 0 Å². The van der Waals surface area contributed by atoms with Gasteiger partial charge in [0.1, 0.15) is 11.2 Å². The number of pyridine rings is 1. The van der Waals surface area contributed by atoms with E-state index in [1.165, 1.54) is 51.4 Å². The van der Waals surface area contributed by atoms with E-state index in [9.17, 15) is 0 Å². The molecule has 0 atom stereocenters. The summed E-state index contributed by atoms with van der Waals surface area (Å²) in [6.07, 6.45) is 10.5. The number of hydrogen-bond acceptors (Lipinski definition) is 2. The molecule has 1 aromatic rings. The number of aromatic nitrogens is 1. The van der Waals surface area contributed by atoms with Crippen LogP contribution in [0.1, 0.15) is 75.5 Å². The van der Waals surface area contributed by atoms with Crippen molar-refractivity contribution in [2.24, 2.45) is 5.92 Å². The molecule has 0 unspecified atom stereocenters. The van der Waals surface area contributed by atoms with Gasteiger partial charge in [0.05, 0.1) is 5.56 Å². The molecule has 0 aliphatic heterocycles. The van der Waals surface area contributed by atoms with Crippen molar-refractivity contribution in [3.05, 3.63) is 28.5 Å². The highest BCUT2D eigenvalue weighted by Crippen LogP contribution is 2.37. The maximum Gasteiger partial charge on any atom is 0.147 e. The number of nitriles is 1. The minimum absolute atomic E-state index is 0.357. The van der Waals surface area contributed by atoms with Gasteiger partial charge in [-0.25, -0.2) is 4.98 Å². The van der Waals surface area contributed by atoms with Gasteiger partial charge in [-0.3, -0.25) is 0 Å². The van der Waals surface area contributed by atoms with Crippen molar-refractivity contribution >= 4 is 11.6 Å². The van der Waals surface area contributed by atoms with Crippen molar-refractivity contribution in [3.8, 4) is 6.07 Å². The van der Waals surface area contributed by atoms with Crippen molar-refractivity contribution in [1.29, 1.82) is 5.26 Å². The second kappa shape index (κ2) is 7.64. The minimum Gasteiger partial charge on any atom is -0.239 e. The lowest BCUT2D eigenvalue weighted by Crippen LogP contribution is -2.14. The predicted molar refractivity (Wildman–Crippen MR) is 82.8 cm³/mol. The molecule has 1 heterocycles. The Labute approximate surface area is 127 Å². The molecule has 0 amide bonds. The summed E-state index contributed by atoms with van der Waals surface area (Å²) < 4.78 is 0. The van der Waals surface area contributed by atoms with Crippen molar-refractivity contribution in [2.45, 2.75) is 64.2 Å². The van der Waals surface area contributed by atoms with E-state index in [4.69, 9.17) is 16.9 Å². The second-order valence-corrected chi connectivity index (χ2v) is 6.26. The molecule has 2 nitrogen and oxygen atoms in total. The van der Waals surface area contributed by atoms with Crippen LogP contribution in [-0.4, -0.2) is 4.98 Å². The van der Waals surface area contributed by atoms with Gasteiger partial charge in [0, 0.05) is 11.6 Å². The Balaban J connectivity index is 1.87. The van der Waals surface area contributed by atoms with Gasteiger partial charge >= 0.3 is 0 Å². The van der Waals surface area contributed by atoms with Crippen LogP contribution in [0.4, 0.5) is 0 Å². The fourth-order valence-electron chi connectivity index (χ4n) is 3.19. The van der Waals surface area contributed by atoms with E-state index >= 15 is 0 Å². The van der Waals surface area contributed by atoms with Crippen LogP contribution in [0.3, 0.4) is 0 Å². The van der Waals surface area contributed by atoms with E-state index in [0.29, 0.717) is 16.6 Å². The standard InChI is InChI=1S/C17H23ClN2/c1-2-3-4-5-13-6-8-14(9-7-13)16-11-10-15(12-19)17(18)20-16/h10-11,13-14H,2-9H2,1H3. The molecular weight excluding hydrogens is 268 g/mol. The monoisotopic (exact) mass is 290 g/mol. The first-order chi connectivity index (χ1) is 9.74. The fraction of sp³-hybridized carbons (Fsp3) is 0.647. The van der Waals surface area contributed by atoms with Crippen molar-refractivity contribution in [3.63, 3.8) is 0 Å². The molecule has 1 aliphatic carbocycles. The molecule has 108 valence electrons. The quantitative estimate of drug-likeness (QED) is 0.533. The van der Waals surface area contributed by atoms with Gasteiger partial charge < -0.3 is 0 Å². The van der Waals surface area contributed by atoms with E-state index in [1.54, 1.807) is 6.07 Å². The highest BCUT2D eigenvalue weighted by molar-refractivity contribution is 6.30. The summed E-state index contributed by atoms with van der Waals surface area (Å²) in [4.78, 5) is 4.41. The smallest absolute Gasteiger partial charge is 0.147 e. The van der Waals surface area contributed by atoms with Gasteiger partial charge in [0.2, 0.25) is 0 Å². The molecule has 0 aromatic carbocycles. The van der Waals surface area contributed by atoms with Crippen LogP contribution in [0.25, 0.3) is 0 Å². The first-order valence-corrected chi connectivity index (χ1v) is 8.19. The molecule has 1 saturated carbocycles. The molecule has 2 rings (SSSR count). The summed E-state index contributed by atoms with van der Waals surface area (Å²) in [6, 6.07) is 5.85. The zero-order chi connectivity index (χ0) is 14.4. The number of nitrogens with zero attached hydrogens (tertiary/aromatic N) is 2. The first kappa shape index (κ1) is 15.3. The van der Waals surface area contributed by atoms with Gasteiger partial charge in [-0.05, 0) is 43.7 Å². The van der Waals surface area contributed by atoms with Gasteiger partial charge in [-0.1, -0.05) is 44.2 Å². The maximum absolute atomic E-state index is 8.88. The highest BCUT2D eigenvalue weighted by atomic mass is 35.5. The Hall–Kier alpha value is -1.07. The summed E-state index contributed by atoms with van der Waals surface area (Å²) in [7, 11) is 0. The van der Waals surface area contributed by atoms with Gasteiger partial charge in [-0.2, -0.15) is 5.26 Å². The average Bonchev–Trinajstić information content (AvgIpc) is 2.48. The van der Waals surface area contributed by atoms with Gasteiger partial charge in [0.25, 0.3) is 0 Å². The van der Waals surface area contributed by atoms with Crippen LogP contribution in [-0.2, 0) is 0 Å². The first-order valence-electron chi connectivity index (χ1n) is 7.81. The van der Waals surface area contributed by atoms with Gasteiger partial charge in [-0.15, -0.1) is 0 Å². The maximum atomic E-state index is 8.88. The lowest BCUT2D eigenvalue weighted by Gasteiger charge is -2.28.